The Kier molecular flexibility index (Phi) is 4.66. The molecule has 0 radical (unpaired) electrons. The molecule has 3 aromatic rings. The van der Waals surface area contributed by atoms with Gasteiger partial charge in [0.05, 0.1) is 16.3 Å². The van der Waals surface area contributed by atoms with Crippen LogP contribution in [0.2, 0.25) is 5.02 Å². The molecule has 1 N–H and O–H groups in total. The fourth-order valence-electron chi connectivity index (χ4n) is 2.63. The number of hydrogen-bond donors (Lipinski definition) is 1. The smallest absolute Gasteiger partial charge is 0.335 e. The molecule has 0 bridgehead atoms. The second-order valence-electron chi connectivity index (χ2n) is 5.78. The van der Waals surface area contributed by atoms with Crippen molar-refractivity contribution < 1.29 is 22.4 Å². The summed E-state index contributed by atoms with van der Waals surface area (Å²) in [6.45, 7) is 1.58. The molecule has 0 fully saturated rings. The monoisotopic (exact) mass is 384 g/mol. The molecule has 1 aromatic heterocycles. The van der Waals surface area contributed by atoms with Gasteiger partial charge in [-0.15, -0.1) is 0 Å². The second kappa shape index (κ2) is 6.64. The molecule has 0 aliphatic heterocycles. The van der Waals surface area contributed by atoms with Gasteiger partial charge in [0, 0.05) is 17.1 Å². The number of nitrogens with one attached hydrogen (secondary N) is 1. The molecule has 0 spiro atoms. The van der Waals surface area contributed by atoms with Gasteiger partial charge in [0.25, 0.3) is 0 Å². The maximum Gasteiger partial charge on any atom is 0.416 e. The third-order valence-electron chi connectivity index (χ3n) is 4.03. The fraction of sp³-hybridized carbons (Fsp3) is 0.167. The van der Waals surface area contributed by atoms with Gasteiger partial charge in [-0.1, -0.05) is 11.6 Å². The summed E-state index contributed by atoms with van der Waals surface area (Å²) in [6.07, 6.45) is -2.93. The van der Waals surface area contributed by atoms with E-state index in [0.717, 1.165) is 18.2 Å². The van der Waals surface area contributed by atoms with Crippen LogP contribution in [0.25, 0.3) is 10.9 Å². The van der Waals surface area contributed by atoms with Crippen LogP contribution in [-0.4, -0.2) is 10.5 Å². The summed E-state index contributed by atoms with van der Waals surface area (Å²) in [4.78, 5) is 12.5. The number of benzene rings is 2. The minimum absolute atomic E-state index is 0.00187. The average molecular weight is 385 g/mol. The lowest BCUT2D eigenvalue weighted by atomic mass is 10.2. The van der Waals surface area contributed by atoms with E-state index in [1.807, 2.05) is 0 Å². The van der Waals surface area contributed by atoms with Gasteiger partial charge >= 0.3 is 6.18 Å². The predicted octanol–water partition coefficient (Wildman–Crippen LogP) is 5.65. The molecule has 3 nitrogen and oxygen atoms in total. The van der Waals surface area contributed by atoms with E-state index in [4.69, 9.17) is 11.6 Å². The highest BCUT2D eigenvalue weighted by Gasteiger charge is 2.31. The normalized spacial score (nSPS) is 13.0. The number of anilines is 1. The Hall–Kier alpha value is -2.54. The Balaban J connectivity index is 1.87. The first kappa shape index (κ1) is 18.3. The quantitative estimate of drug-likeness (QED) is 0.581. The van der Waals surface area contributed by atoms with Gasteiger partial charge in [0.1, 0.15) is 11.9 Å². The number of hydrogen-bond acceptors (Lipinski definition) is 1. The highest BCUT2D eigenvalue weighted by molar-refractivity contribution is 6.33. The predicted molar refractivity (Wildman–Crippen MR) is 91.7 cm³/mol. The van der Waals surface area contributed by atoms with Gasteiger partial charge in [-0.2, -0.15) is 13.2 Å². The van der Waals surface area contributed by atoms with Crippen molar-refractivity contribution in [2.45, 2.75) is 19.1 Å². The first-order valence-corrected chi connectivity index (χ1v) is 7.98. The highest BCUT2D eigenvalue weighted by Crippen LogP contribution is 2.34. The minimum Gasteiger partial charge on any atom is -0.335 e. The fourth-order valence-corrected chi connectivity index (χ4v) is 2.80. The van der Waals surface area contributed by atoms with E-state index in [1.54, 1.807) is 23.8 Å². The zero-order valence-corrected chi connectivity index (χ0v) is 14.2. The maximum absolute atomic E-state index is 13.3. The molecule has 2 aromatic carbocycles. The molecule has 0 saturated heterocycles. The van der Waals surface area contributed by atoms with Crippen LogP contribution in [-0.2, 0) is 11.0 Å². The number of nitrogens with zero attached hydrogens (tertiary/aromatic N) is 1. The van der Waals surface area contributed by atoms with Gasteiger partial charge < -0.3 is 9.88 Å². The lowest BCUT2D eigenvalue weighted by Crippen LogP contribution is -2.23. The molecule has 8 heteroatoms. The molecule has 136 valence electrons. The van der Waals surface area contributed by atoms with Crippen LogP contribution in [0.1, 0.15) is 18.5 Å². The summed E-state index contributed by atoms with van der Waals surface area (Å²) < 4.78 is 53.4. The third kappa shape index (κ3) is 3.53. The molecule has 1 amide bonds. The summed E-state index contributed by atoms with van der Waals surface area (Å²) in [5.74, 6) is -0.948. The van der Waals surface area contributed by atoms with Crippen molar-refractivity contribution in [2.75, 3.05) is 5.32 Å². The summed E-state index contributed by atoms with van der Waals surface area (Å²) >= 11 is 5.90. The number of alkyl halides is 3. The molecule has 0 aliphatic carbocycles. The summed E-state index contributed by atoms with van der Waals surface area (Å²) in [6, 6.07) is 7.76. The van der Waals surface area contributed by atoms with Crippen LogP contribution in [0.15, 0.2) is 48.7 Å². The van der Waals surface area contributed by atoms with Crippen molar-refractivity contribution in [1.29, 1.82) is 0 Å². The van der Waals surface area contributed by atoms with E-state index >= 15 is 0 Å². The Morgan fingerprint density at radius 2 is 1.88 bits per heavy atom. The molecular formula is C18H13ClF4N2O. The topological polar surface area (TPSA) is 34.0 Å². The Bertz CT molecular complexity index is 981. The van der Waals surface area contributed by atoms with E-state index in [2.05, 4.69) is 5.32 Å². The number of halogens is 5. The van der Waals surface area contributed by atoms with E-state index in [1.165, 1.54) is 18.2 Å². The van der Waals surface area contributed by atoms with Crippen LogP contribution in [0, 0.1) is 5.82 Å². The lowest BCUT2D eigenvalue weighted by Gasteiger charge is -2.17. The van der Waals surface area contributed by atoms with Gasteiger partial charge in [-0.3, -0.25) is 4.79 Å². The number of carbonyl (C=O) groups is 1. The van der Waals surface area contributed by atoms with Gasteiger partial charge in [0.2, 0.25) is 5.91 Å². The molecule has 1 unspecified atom stereocenters. The largest absolute Gasteiger partial charge is 0.416 e. The number of amides is 1. The molecule has 1 atom stereocenters. The summed E-state index contributed by atoms with van der Waals surface area (Å²) in [5, 5.41) is 3.03. The van der Waals surface area contributed by atoms with E-state index in [9.17, 15) is 22.4 Å². The molecule has 0 saturated carbocycles. The third-order valence-corrected chi connectivity index (χ3v) is 4.36. The van der Waals surface area contributed by atoms with Crippen molar-refractivity contribution in [3.8, 4) is 0 Å². The number of fused-ring (bicyclic) bond motifs is 1. The first-order valence-electron chi connectivity index (χ1n) is 7.60. The van der Waals surface area contributed by atoms with Crippen LogP contribution >= 0.6 is 11.6 Å². The van der Waals surface area contributed by atoms with Crippen molar-refractivity contribution >= 4 is 34.1 Å². The molecular weight excluding hydrogens is 372 g/mol. The molecule has 1 heterocycles. The van der Waals surface area contributed by atoms with E-state index < -0.39 is 29.5 Å². The van der Waals surface area contributed by atoms with Crippen LogP contribution in [0.4, 0.5) is 23.2 Å². The minimum atomic E-state index is -4.55. The number of carbonyl (C=O) groups excluding carboxylic acids is 1. The van der Waals surface area contributed by atoms with Gasteiger partial charge in [-0.25, -0.2) is 4.39 Å². The Morgan fingerprint density at radius 1 is 1.15 bits per heavy atom. The standard InChI is InChI=1S/C18H13ClF4N2O/c1-10(25-7-6-11-8-13(20)3-5-16(11)25)17(26)24-15-9-12(18(21,22)23)2-4-14(15)19/h2-10H,1H3,(H,24,26). The zero-order chi connectivity index (χ0) is 19.1. The van der Waals surface area contributed by atoms with Crippen molar-refractivity contribution in [3.63, 3.8) is 0 Å². The Labute approximate surface area is 151 Å². The number of rotatable bonds is 3. The van der Waals surface area contributed by atoms with E-state index in [-0.39, 0.29) is 10.7 Å². The van der Waals surface area contributed by atoms with Crippen LogP contribution < -0.4 is 5.32 Å². The molecule has 3 rings (SSSR count). The SMILES string of the molecule is CC(C(=O)Nc1cc(C(F)(F)F)ccc1Cl)n1ccc2cc(F)ccc21. The maximum atomic E-state index is 13.3. The van der Waals surface area contributed by atoms with Gasteiger partial charge in [-0.05, 0) is 49.4 Å². The van der Waals surface area contributed by atoms with Crippen LogP contribution in [0.3, 0.4) is 0 Å². The molecule has 26 heavy (non-hydrogen) atoms. The van der Waals surface area contributed by atoms with Gasteiger partial charge in [0.15, 0.2) is 0 Å². The Morgan fingerprint density at radius 3 is 2.58 bits per heavy atom. The van der Waals surface area contributed by atoms with Crippen LogP contribution in [0.5, 0.6) is 0 Å². The highest BCUT2D eigenvalue weighted by atomic mass is 35.5. The van der Waals surface area contributed by atoms with Crippen molar-refractivity contribution in [2.24, 2.45) is 0 Å². The molecule has 0 aliphatic rings. The van der Waals surface area contributed by atoms with Crippen molar-refractivity contribution in [3.05, 3.63) is 65.1 Å². The summed E-state index contributed by atoms with van der Waals surface area (Å²) in [7, 11) is 0. The van der Waals surface area contributed by atoms with E-state index in [0.29, 0.717) is 10.9 Å². The zero-order valence-electron chi connectivity index (χ0n) is 13.4. The van der Waals surface area contributed by atoms with Crippen molar-refractivity contribution in [1.82, 2.24) is 4.57 Å². The first-order chi connectivity index (χ1) is 12.2. The second-order valence-corrected chi connectivity index (χ2v) is 6.19. The number of aromatic nitrogens is 1. The summed E-state index contributed by atoms with van der Waals surface area (Å²) in [5.41, 5.74) is -0.406. The average Bonchev–Trinajstić information content (AvgIpc) is 2.97. The lowest BCUT2D eigenvalue weighted by molar-refractivity contribution is -0.137.